The lowest BCUT2D eigenvalue weighted by molar-refractivity contribution is -0.132. The van der Waals surface area contributed by atoms with E-state index in [4.69, 9.17) is 9.72 Å². The molecule has 39 heavy (non-hydrogen) atoms. The predicted molar refractivity (Wildman–Crippen MR) is 148 cm³/mol. The number of para-hydroxylation sites is 1. The van der Waals surface area contributed by atoms with E-state index in [9.17, 15) is 19.1 Å². The Labute approximate surface area is 231 Å². The molecule has 0 spiro atoms. The summed E-state index contributed by atoms with van der Waals surface area (Å²) < 4.78 is 20.1. The Morgan fingerprint density at radius 1 is 1.18 bits per heavy atom. The Bertz CT molecular complexity index is 1330. The summed E-state index contributed by atoms with van der Waals surface area (Å²) in [4.78, 5) is 33.3. The summed E-state index contributed by atoms with van der Waals surface area (Å²) in [5.41, 5.74) is 2.06. The quantitative estimate of drug-likeness (QED) is 0.278. The van der Waals surface area contributed by atoms with E-state index in [1.54, 1.807) is 21.2 Å². The normalized spacial score (nSPS) is 15.9. The van der Waals surface area contributed by atoms with Gasteiger partial charge in [-0.3, -0.25) is 14.2 Å². The van der Waals surface area contributed by atoms with Crippen LogP contribution in [0.2, 0.25) is 0 Å². The molecule has 2 aliphatic rings. The second-order valence-corrected chi connectivity index (χ2v) is 11.2. The summed E-state index contributed by atoms with van der Waals surface area (Å²) in [6.45, 7) is 1.46. The zero-order chi connectivity index (χ0) is 27.2. The molecule has 1 aliphatic heterocycles. The Kier molecular flexibility index (Phi) is 8.95. The van der Waals surface area contributed by atoms with Crippen LogP contribution in [0.25, 0.3) is 5.69 Å². The van der Waals surface area contributed by atoms with E-state index in [0.717, 1.165) is 29.4 Å². The number of hydrogen-bond donors (Lipinski definition) is 2. The summed E-state index contributed by atoms with van der Waals surface area (Å²) in [6.07, 6.45) is 3.52. The van der Waals surface area contributed by atoms with Crippen molar-refractivity contribution in [1.82, 2.24) is 19.8 Å². The van der Waals surface area contributed by atoms with Crippen LogP contribution < -0.4 is 15.6 Å². The number of nitrogens with zero attached hydrogens (tertiary/aromatic N) is 3. The molecule has 1 unspecified atom stereocenters. The Balaban J connectivity index is 1.16. The summed E-state index contributed by atoms with van der Waals surface area (Å²) in [7, 11) is 0. The molecule has 206 valence electrons. The van der Waals surface area contributed by atoms with E-state index in [0.29, 0.717) is 36.1 Å². The molecule has 0 radical (unpaired) electrons. The second kappa shape index (κ2) is 12.8. The van der Waals surface area contributed by atoms with Gasteiger partial charge in [-0.25, -0.2) is 9.37 Å². The van der Waals surface area contributed by atoms with Crippen molar-refractivity contribution in [2.45, 2.75) is 55.2 Å². The summed E-state index contributed by atoms with van der Waals surface area (Å²) >= 11 is 1.68. The van der Waals surface area contributed by atoms with Crippen LogP contribution in [0.3, 0.4) is 0 Å². The highest BCUT2D eigenvalue weighted by Gasteiger charge is 2.28. The van der Waals surface area contributed by atoms with Crippen molar-refractivity contribution < 1.29 is 19.0 Å². The van der Waals surface area contributed by atoms with Gasteiger partial charge in [0.15, 0.2) is 5.16 Å². The minimum Gasteiger partial charge on any atom is -0.491 e. The molecule has 10 heteroatoms. The van der Waals surface area contributed by atoms with Crippen LogP contribution in [0.4, 0.5) is 4.39 Å². The molecule has 5 rings (SSSR count). The van der Waals surface area contributed by atoms with Crippen LogP contribution in [0.15, 0.2) is 64.5 Å². The molecule has 1 fully saturated rings. The number of fused-ring (bicyclic) bond motifs is 1. The predicted octanol–water partition coefficient (Wildman–Crippen LogP) is 3.32. The number of rotatable bonds is 11. The third-order valence-electron chi connectivity index (χ3n) is 7.04. The fourth-order valence-corrected chi connectivity index (χ4v) is 5.92. The van der Waals surface area contributed by atoms with Crippen molar-refractivity contribution in [3.63, 3.8) is 0 Å². The van der Waals surface area contributed by atoms with Gasteiger partial charge in [0.2, 0.25) is 5.91 Å². The van der Waals surface area contributed by atoms with Crippen LogP contribution in [-0.4, -0.2) is 63.1 Å². The molecule has 2 N–H and O–H groups in total. The van der Waals surface area contributed by atoms with Crippen molar-refractivity contribution in [2.24, 2.45) is 0 Å². The van der Waals surface area contributed by atoms with Crippen molar-refractivity contribution in [3.8, 4) is 11.4 Å². The first-order valence-corrected chi connectivity index (χ1v) is 14.3. The Morgan fingerprint density at radius 2 is 1.95 bits per heavy atom. The molecule has 3 aromatic rings. The SMILES string of the molecule is O=C(CCNCC(O)COc1ccc(F)cc1)N1CCc2nc(SC3CCC3)n(-c3ccccc3)c(=O)c2C1. The highest BCUT2D eigenvalue weighted by atomic mass is 32.2. The lowest BCUT2D eigenvalue weighted by Crippen LogP contribution is -2.42. The molecule has 2 aromatic carbocycles. The van der Waals surface area contributed by atoms with E-state index in [2.05, 4.69) is 5.32 Å². The van der Waals surface area contributed by atoms with E-state index >= 15 is 0 Å². The molecule has 0 bridgehead atoms. The maximum absolute atomic E-state index is 13.7. The number of aromatic nitrogens is 2. The monoisotopic (exact) mass is 552 g/mol. The fourth-order valence-electron chi connectivity index (χ4n) is 4.59. The van der Waals surface area contributed by atoms with Gasteiger partial charge in [-0.1, -0.05) is 36.4 Å². The number of hydrogen-bond acceptors (Lipinski definition) is 7. The average Bonchev–Trinajstić information content (AvgIpc) is 2.93. The minimum absolute atomic E-state index is 0.0521. The maximum Gasteiger partial charge on any atom is 0.264 e. The zero-order valence-corrected chi connectivity index (χ0v) is 22.5. The van der Waals surface area contributed by atoms with Crippen LogP contribution in [-0.2, 0) is 17.8 Å². The maximum atomic E-state index is 13.7. The van der Waals surface area contributed by atoms with Gasteiger partial charge in [-0.2, -0.15) is 0 Å². The number of amides is 1. The molecule has 2 heterocycles. The van der Waals surface area contributed by atoms with E-state index in [1.165, 1.54) is 30.7 Å². The largest absolute Gasteiger partial charge is 0.491 e. The first kappa shape index (κ1) is 27.4. The van der Waals surface area contributed by atoms with Gasteiger partial charge in [-0.05, 0) is 49.2 Å². The van der Waals surface area contributed by atoms with Crippen LogP contribution in [0, 0.1) is 5.82 Å². The van der Waals surface area contributed by atoms with Crippen molar-refractivity contribution in [3.05, 3.63) is 82.0 Å². The van der Waals surface area contributed by atoms with Gasteiger partial charge in [0.1, 0.15) is 24.3 Å². The third kappa shape index (κ3) is 6.87. The van der Waals surface area contributed by atoms with Crippen molar-refractivity contribution in [2.75, 3.05) is 26.2 Å². The molecular formula is C29H33FN4O4S. The van der Waals surface area contributed by atoms with E-state index < -0.39 is 6.10 Å². The highest BCUT2D eigenvalue weighted by molar-refractivity contribution is 7.99. The molecule has 1 atom stereocenters. The van der Waals surface area contributed by atoms with Gasteiger partial charge in [0.05, 0.1) is 23.5 Å². The minimum atomic E-state index is -0.776. The van der Waals surface area contributed by atoms with E-state index in [-0.39, 0.29) is 43.4 Å². The standard InChI is InChI=1S/C29H33FN4O4S/c30-20-9-11-23(12-10-20)38-19-22(35)17-31-15-13-27(36)33-16-14-26-25(18-33)28(37)34(21-5-2-1-3-6-21)29(32-26)39-24-7-4-8-24/h1-3,5-6,9-12,22,24,31,35H,4,7-8,13-19H2. The van der Waals surface area contributed by atoms with Crippen LogP contribution in [0.5, 0.6) is 5.75 Å². The van der Waals surface area contributed by atoms with Crippen molar-refractivity contribution >= 4 is 17.7 Å². The van der Waals surface area contributed by atoms with Crippen molar-refractivity contribution in [1.29, 1.82) is 0 Å². The summed E-state index contributed by atoms with van der Waals surface area (Å²) in [6, 6.07) is 15.2. The lowest BCUT2D eigenvalue weighted by Gasteiger charge is -2.30. The number of benzene rings is 2. The number of aliphatic hydroxyl groups excluding tert-OH is 1. The van der Waals surface area contributed by atoms with E-state index in [1.807, 2.05) is 30.3 Å². The summed E-state index contributed by atoms with van der Waals surface area (Å²) in [5, 5.41) is 14.4. The van der Waals surface area contributed by atoms with Crippen LogP contribution >= 0.6 is 11.8 Å². The Morgan fingerprint density at radius 3 is 2.67 bits per heavy atom. The molecule has 1 saturated carbocycles. The zero-order valence-electron chi connectivity index (χ0n) is 21.7. The lowest BCUT2D eigenvalue weighted by atomic mass is 10.0. The summed E-state index contributed by atoms with van der Waals surface area (Å²) in [5.74, 6) is 0.0756. The number of ether oxygens (including phenoxy) is 1. The highest BCUT2D eigenvalue weighted by Crippen LogP contribution is 2.36. The van der Waals surface area contributed by atoms with Crippen LogP contribution in [0.1, 0.15) is 36.9 Å². The first-order chi connectivity index (χ1) is 19.0. The molecule has 1 amide bonds. The number of thioether (sulfide) groups is 1. The number of carbonyl (C=O) groups excluding carboxylic acids is 1. The fraction of sp³-hybridized carbons (Fsp3) is 0.414. The van der Waals surface area contributed by atoms with Gasteiger partial charge in [0.25, 0.3) is 5.56 Å². The topological polar surface area (TPSA) is 96.7 Å². The third-order valence-corrected chi connectivity index (χ3v) is 8.33. The number of nitrogens with one attached hydrogen (secondary N) is 1. The molecular weight excluding hydrogens is 519 g/mol. The number of halogens is 1. The smallest absolute Gasteiger partial charge is 0.264 e. The second-order valence-electron chi connectivity index (χ2n) is 9.90. The van der Waals surface area contributed by atoms with Gasteiger partial charge >= 0.3 is 0 Å². The first-order valence-electron chi connectivity index (χ1n) is 13.4. The van der Waals surface area contributed by atoms with Gasteiger partial charge in [0, 0.05) is 37.7 Å². The number of carbonyl (C=O) groups is 1. The molecule has 8 nitrogen and oxygen atoms in total. The Hall–Kier alpha value is -3.21. The molecule has 1 aromatic heterocycles. The molecule has 0 saturated heterocycles. The van der Waals surface area contributed by atoms with Gasteiger partial charge in [-0.15, -0.1) is 0 Å². The molecule has 1 aliphatic carbocycles. The average molecular weight is 553 g/mol. The van der Waals surface area contributed by atoms with Gasteiger partial charge < -0.3 is 20.1 Å². The number of aliphatic hydroxyl groups is 1.